The zero-order valence-corrected chi connectivity index (χ0v) is 13.0. The van der Waals surface area contributed by atoms with E-state index in [0.717, 1.165) is 11.1 Å². The highest BCUT2D eigenvalue weighted by atomic mass is 35.5. The Bertz CT molecular complexity index is 555. The van der Waals surface area contributed by atoms with Gasteiger partial charge in [0.2, 0.25) is 0 Å². The number of ketones is 1. The van der Waals surface area contributed by atoms with Gasteiger partial charge in [0.25, 0.3) is 0 Å². The molecule has 1 heterocycles. The minimum Gasteiger partial charge on any atom is -0.465 e. The Morgan fingerprint density at radius 2 is 2.24 bits per heavy atom. The van der Waals surface area contributed by atoms with Crippen molar-refractivity contribution in [3.8, 4) is 0 Å². The lowest BCUT2D eigenvalue weighted by Crippen LogP contribution is -2.49. The molecule has 0 amide bonds. The van der Waals surface area contributed by atoms with E-state index < -0.39 is 11.4 Å². The van der Waals surface area contributed by atoms with Gasteiger partial charge in [0.15, 0.2) is 11.2 Å². The van der Waals surface area contributed by atoms with Gasteiger partial charge in [0, 0.05) is 11.4 Å². The Kier molecular flexibility index (Phi) is 5.01. The fourth-order valence-electron chi connectivity index (χ4n) is 2.52. The van der Waals surface area contributed by atoms with Crippen molar-refractivity contribution in [1.82, 2.24) is 0 Å². The van der Waals surface area contributed by atoms with E-state index in [1.165, 1.54) is 0 Å². The summed E-state index contributed by atoms with van der Waals surface area (Å²) < 4.78 is 10.5. The molecule has 5 heteroatoms. The maximum atomic E-state index is 12.4. The predicted octanol–water partition coefficient (Wildman–Crippen LogP) is 2.73. The zero-order chi connectivity index (χ0) is 15.5. The Labute approximate surface area is 129 Å². The van der Waals surface area contributed by atoms with Crippen molar-refractivity contribution in [3.05, 3.63) is 34.3 Å². The van der Waals surface area contributed by atoms with Gasteiger partial charge in [-0.1, -0.05) is 23.7 Å². The van der Waals surface area contributed by atoms with E-state index in [9.17, 15) is 9.59 Å². The SMILES string of the molecule is CCOC(=O)C1(Cc2ccc(C)cc2Cl)COCCC1=O. The Morgan fingerprint density at radius 1 is 1.48 bits per heavy atom. The van der Waals surface area contributed by atoms with Gasteiger partial charge in [-0.25, -0.2) is 0 Å². The second kappa shape index (κ2) is 6.58. The Hall–Kier alpha value is -1.39. The molecule has 0 saturated carbocycles. The van der Waals surface area contributed by atoms with E-state index in [0.29, 0.717) is 11.6 Å². The highest BCUT2D eigenvalue weighted by molar-refractivity contribution is 6.31. The summed E-state index contributed by atoms with van der Waals surface area (Å²) in [5, 5.41) is 0.553. The van der Waals surface area contributed by atoms with Crippen LogP contribution in [0.25, 0.3) is 0 Å². The summed E-state index contributed by atoms with van der Waals surface area (Å²) in [7, 11) is 0. The molecule has 1 aromatic rings. The molecule has 1 saturated heterocycles. The molecular formula is C16H19ClO4. The van der Waals surface area contributed by atoms with E-state index in [2.05, 4.69) is 0 Å². The third-order valence-corrected chi connectivity index (χ3v) is 4.07. The summed E-state index contributed by atoms with van der Waals surface area (Å²) in [6.07, 6.45) is 0.437. The summed E-state index contributed by atoms with van der Waals surface area (Å²) >= 11 is 6.24. The monoisotopic (exact) mass is 310 g/mol. The van der Waals surface area contributed by atoms with Gasteiger partial charge < -0.3 is 9.47 Å². The number of ether oxygens (including phenoxy) is 2. The standard InChI is InChI=1S/C16H19ClO4/c1-3-21-15(19)16(10-20-7-6-14(16)18)9-12-5-4-11(2)8-13(12)17/h4-5,8H,3,6-7,9-10H2,1-2H3. The van der Waals surface area contributed by atoms with Gasteiger partial charge >= 0.3 is 5.97 Å². The van der Waals surface area contributed by atoms with Gasteiger partial charge in [-0.3, -0.25) is 9.59 Å². The van der Waals surface area contributed by atoms with E-state index in [4.69, 9.17) is 21.1 Å². The number of Topliss-reactive ketones (excluding diaryl/α,β-unsaturated/α-hetero) is 1. The van der Waals surface area contributed by atoms with Crippen LogP contribution in [0, 0.1) is 12.3 Å². The zero-order valence-electron chi connectivity index (χ0n) is 12.3. The lowest BCUT2D eigenvalue weighted by molar-refractivity contribution is -0.169. The molecule has 0 aliphatic carbocycles. The molecule has 1 aromatic carbocycles. The first-order valence-corrected chi connectivity index (χ1v) is 7.40. The van der Waals surface area contributed by atoms with Crippen LogP contribution >= 0.6 is 11.6 Å². The van der Waals surface area contributed by atoms with Gasteiger partial charge in [0.05, 0.1) is 19.8 Å². The molecule has 0 radical (unpaired) electrons. The van der Waals surface area contributed by atoms with Gasteiger partial charge in [0.1, 0.15) is 0 Å². The molecule has 1 fully saturated rings. The highest BCUT2D eigenvalue weighted by Gasteiger charge is 2.49. The van der Waals surface area contributed by atoms with E-state index in [1.807, 2.05) is 25.1 Å². The maximum Gasteiger partial charge on any atom is 0.322 e. The molecule has 1 atom stereocenters. The van der Waals surface area contributed by atoms with Crippen molar-refractivity contribution < 1.29 is 19.1 Å². The molecule has 21 heavy (non-hydrogen) atoms. The summed E-state index contributed by atoms with van der Waals surface area (Å²) in [6, 6.07) is 5.58. The van der Waals surface area contributed by atoms with Crippen LogP contribution in [0.3, 0.4) is 0 Å². The molecule has 0 bridgehead atoms. The molecule has 0 aromatic heterocycles. The predicted molar refractivity (Wildman–Crippen MR) is 79.4 cm³/mol. The van der Waals surface area contributed by atoms with Crippen LogP contribution in [0.15, 0.2) is 18.2 Å². The number of halogens is 1. The van der Waals surface area contributed by atoms with Crippen molar-refractivity contribution in [2.45, 2.75) is 26.7 Å². The van der Waals surface area contributed by atoms with Crippen molar-refractivity contribution >= 4 is 23.4 Å². The summed E-state index contributed by atoms with van der Waals surface area (Å²) in [4.78, 5) is 24.7. The van der Waals surface area contributed by atoms with Crippen molar-refractivity contribution in [2.75, 3.05) is 19.8 Å². The van der Waals surface area contributed by atoms with Crippen molar-refractivity contribution in [2.24, 2.45) is 5.41 Å². The second-order valence-electron chi connectivity index (χ2n) is 5.30. The minimum absolute atomic E-state index is 0.0505. The number of aryl methyl sites for hydroxylation is 1. The molecule has 0 spiro atoms. The highest BCUT2D eigenvalue weighted by Crippen LogP contribution is 2.34. The molecule has 0 N–H and O–H groups in total. The third-order valence-electron chi connectivity index (χ3n) is 3.72. The quantitative estimate of drug-likeness (QED) is 0.634. The molecule has 1 unspecified atom stereocenters. The van der Waals surface area contributed by atoms with E-state index >= 15 is 0 Å². The first-order valence-electron chi connectivity index (χ1n) is 7.03. The topological polar surface area (TPSA) is 52.6 Å². The number of benzene rings is 1. The minimum atomic E-state index is -1.27. The number of carbonyl (C=O) groups excluding carboxylic acids is 2. The smallest absolute Gasteiger partial charge is 0.322 e. The fourth-order valence-corrected chi connectivity index (χ4v) is 2.82. The average Bonchev–Trinajstić information content (AvgIpc) is 2.44. The van der Waals surface area contributed by atoms with Crippen LogP contribution in [0.5, 0.6) is 0 Å². The number of hydrogen-bond donors (Lipinski definition) is 0. The van der Waals surface area contributed by atoms with Crippen molar-refractivity contribution in [1.29, 1.82) is 0 Å². The fraction of sp³-hybridized carbons (Fsp3) is 0.500. The first-order chi connectivity index (χ1) is 9.99. The lowest BCUT2D eigenvalue weighted by atomic mass is 9.76. The van der Waals surface area contributed by atoms with Crippen LogP contribution in [-0.4, -0.2) is 31.6 Å². The molecular weight excluding hydrogens is 292 g/mol. The van der Waals surface area contributed by atoms with Crippen LogP contribution < -0.4 is 0 Å². The van der Waals surface area contributed by atoms with Crippen LogP contribution in [-0.2, 0) is 25.5 Å². The molecule has 114 valence electrons. The molecule has 2 rings (SSSR count). The van der Waals surface area contributed by atoms with Gasteiger partial charge in [-0.15, -0.1) is 0 Å². The number of rotatable bonds is 4. The number of hydrogen-bond acceptors (Lipinski definition) is 4. The average molecular weight is 311 g/mol. The first kappa shape index (κ1) is 16.0. The largest absolute Gasteiger partial charge is 0.465 e. The van der Waals surface area contributed by atoms with Crippen molar-refractivity contribution in [3.63, 3.8) is 0 Å². The third kappa shape index (κ3) is 3.27. The normalized spacial score (nSPS) is 22.1. The second-order valence-corrected chi connectivity index (χ2v) is 5.71. The summed E-state index contributed by atoms with van der Waals surface area (Å²) in [5.74, 6) is -0.657. The Balaban J connectivity index is 2.35. The summed E-state index contributed by atoms with van der Waals surface area (Å²) in [6.45, 7) is 4.29. The van der Waals surface area contributed by atoms with E-state index in [1.54, 1.807) is 6.92 Å². The molecule has 1 aliphatic rings. The van der Waals surface area contributed by atoms with Crippen LogP contribution in [0.4, 0.5) is 0 Å². The molecule has 4 nitrogen and oxygen atoms in total. The lowest BCUT2D eigenvalue weighted by Gasteiger charge is -2.33. The van der Waals surface area contributed by atoms with Crippen LogP contribution in [0.2, 0.25) is 5.02 Å². The molecule has 1 aliphatic heterocycles. The number of carbonyl (C=O) groups is 2. The number of esters is 1. The van der Waals surface area contributed by atoms with Gasteiger partial charge in [-0.2, -0.15) is 0 Å². The Morgan fingerprint density at radius 3 is 2.86 bits per heavy atom. The van der Waals surface area contributed by atoms with E-state index in [-0.39, 0.29) is 31.8 Å². The van der Waals surface area contributed by atoms with Gasteiger partial charge in [-0.05, 0) is 37.5 Å². The van der Waals surface area contributed by atoms with Crippen LogP contribution in [0.1, 0.15) is 24.5 Å². The maximum absolute atomic E-state index is 12.4. The summed E-state index contributed by atoms with van der Waals surface area (Å²) in [5.41, 5.74) is 0.516.